The molecule has 0 spiro atoms. The number of hydrogen-bond donors (Lipinski definition) is 2. The highest BCUT2D eigenvalue weighted by molar-refractivity contribution is 6.03. The van der Waals surface area contributed by atoms with Crippen LogP contribution in [0, 0.1) is 5.92 Å². The van der Waals surface area contributed by atoms with Crippen LogP contribution in [0.4, 0.5) is 17.1 Å². The van der Waals surface area contributed by atoms with Crippen LogP contribution in [0.1, 0.15) is 25.8 Å². The molecule has 0 aliphatic carbocycles. The summed E-state index contributed by atoms with van der Waals surface area (Å²) >= 11 is 0. The van der Waals surface area contributed by atoms with Crippen molar-refractivity contribution < 1.29 is 14.4 Å². The zero-order valence-corrected chi connectivity index (χ0v) is 15.5. The number of nitrogens with one attached hydrogen (secondary N) is 2. The van der Waals surface area contributed by atoms with Gasteiger partial charge in [-0.1, -0.05) is 25.1 Å². The molecule has 6 heteroatoms. The summed E-state index contributed by atoms with van der Waals surface area (Å²) in [6.07, 6.45) is 1.08. The highest BCUT2D eigenvalue weighted by atomic mass is 16.2. The summed E-state index contributed by atoms with van der Waals surface area (Å²) in [4.78, 5) is 37.9. The molecular formula is C21H23N3O3. The van der Waals surface area contributed by atoms with Gasteiger partial charge >= 0.3 is 0 Å². The summed E-state index contributed by atoms with van der Waals surface area (Å²) in [7, 11) is 0. The van der Waals surface area contributed by atoms with Crippen molar-refractivity contribution in [2.24, 2.45) is 5.92 Å². The predicted molar refractivity (Wildman–Crippen MR) is 106 cm³/mol. The molecule has 27 heavy (non-hydrogen) atoms. The third-order valence-electron chi connectivity index (χ3n) is 4.58. The zero-order valence-electron chi connectivity index (χ0n) is 15.5. The second-order valence-corrected chi connectivity index (χ2v) is 6.68. The summed E-state index contributed by atoms with van der Waals surface area (Å²) in [5.74, 6) is -0.829. The van der Waals surface area contributed by atoms with Gasteiger partial charge in [-0.15, -0.1) is 0 Å². The first kappa shape index (κ1) is 18.6. The Bertz CT molecular complexity index is 878. The first-order valence-electron chi connectivity index (χ1n) is 9.04. The molecule has 140 valence electrons. The molecule has 1 aliphatic rings. The van der Waals surface area contributed by atoms with Crippen LogP contribution in [0.3, 0.4) is 0 Å². The van der Waals surface area contributed by atoms with E-state index in [9.17, 15) is 14.4 Å². The van der Waals surface area contributed by atoms with E-state index in [1.807, 2.05) is 24.3 Å². The van der Waals surface area contributed by atoms with E-state index in [0.29, 0.717) is 17.9 Å². The monoisotopic (exact) mass is 365 g/mol. The molecule has 3 rings (SSSR count). The van der Waals surface area contributed by atoms with Crippen molar-refractivity contribution in [3.8, 4) is 0 Å². The van der Waals surface area contributed by atoms with Crippen LogP contribution in [-0.2, 0) is 20.8 Å². The standard InChI is InChI=1S/C21H23N3O3/c1-3-15-6-4-9-19(10-15)24-13-16(11-20(24)26)21(27)23-18-8-5-7-17(12-18)22-14(2)25/h4-10,12,16H,3,11,13H2,1-2H3,(H,22,25)(H,23,27)/t16-/m0/s1. The van der Waals surface area contributed by atoms with Crippen molar-refractivity contribution in [1.29, 1.82) is 0 Å². The molecule has 0 bridgehead atoms. The summed E-state index contributed by atoms with van der Waals surface area (Å²) in [5, 5.41) is 5.53. The molecule has 1 heterocycles. The summed E-state index contributed by atoms with van der Waals surface area (Å²) < 4.78 is 0. The Labute approximate surface area is 158 Å². The highest BCUT2D eigenvalue weighted by Gasteiger charge is 2.35. The first-order chi connectivity index (χ1) is 13.0. The number of carbonyl (C=O) groups excluding carboxylic acids is 3. The van der Waals surface area contributed by atoms with Crippen LogP contribution in [0.25, 0.3) is 0 Å². The van der Waals surface area contributed by atoms with Crippen molar-refractivity contribution in [3.05, 3.63) is 54.1 Å². The third kappa shape index (κ3) is 4.53. The molecule has 6 nitrogen and oxygen atoms in total. The van der Waals surface area contributed by atoms with Crippen LogP contribution in [0.15, 0.2) is 48.5 Å². The molecule has 1 fully saturated rings. The smallest absolute Gasteiger partial charge is 0.229 e. The van der Waals surface area contributed by atoms with Crippen molar-refractivity contribution >= 4 is 34.8 Å². The number of aryl methyl sites for hydroxylation is 1. The maximum absolute atomic E-state index is 12.6. The molecule has 0 saturated carbocycles. The average molecular weight is 365 g/mol. The fourth-order valence-electron chi connectivity index (χ4n) is 3.20. The Morgan fingerprint density at radius 1 is 1.07 bits per heavy atom. The highest BCUT2D eigenvalue weighted by Crippen LogP contribution is 2.27. The lowest BCUT2D eigenvalue weighted by atomic mass is 10.1. The average Bonchev–Trinajstić information content (AvgIpc) is 3.03. The molecule has 2 N–H and O–H groups in total. The lowest BCUT2D eigenvalue weighted by molar-refractivity contribution is -0.122. The van der Waals surface area contributed by atoms with Gasteiger partial charge in [-0.25, -0.2) is 0 Å². The molecule has 2 aromatic carbocycles. The van der Waals surface area contributed by atoms with E-state index in [0.717, 1.165) is 17.7 Å². The number of amides is 3. The summed E-state index contributed by atoms with van der Waals surface area (Å²) in [6.45, 7) is 3.86. The van der Waals surface area contributed by atoms with Crippen molar-refractivity contribution in [1.82, 2.24) is 0 Å². The summed E-state index contributed by atoms with van der Waals surface area (Å²) in [5.41, 5.74) is 3.19. The van der Waals surface area contributed by atoms with E-state index in [4.69, 9.17) is 0 Å². The van der Waals surface area contributed by atoms with Gasteiger partial charge < -0.3 is 15.5 Å². The normalized spacial score (nSPS) is 16.3. The fraction of sp³-hybridized carbons (Fsp3) is 0.286. The second kappa shape index (κ2) is 8.03. The maximum atomic E-state index is 12.6. The SMILES string of the molecule is CCc1cccc(N2C[C@@H](C(=O)Nc3cccc(NC(C)=O)c3)CC2=O)c1. The van der Waals surface area contributed by atoms with Crippen LogP contribution in [0.5, 0.6) is 0 Å². The Balaban J connectivity index is 1.68. The molecule has 0 radical (unpaired) electrons. The van der Waals surface area contributed by atoms with Crippen LogP contribution >= 0.6 is 0 Å². The molecule has 1 saturated heterocycles. The van der Waals surface area contributed by atoms with Gasteiger partial charge in [-0.05, 0) is 42.3 Å². The van der Waals surface area contributed by atoms with Gasteiger partial charge in [0.05, 0.1) is 5.92 Å². The summed E-state index contributed by atoms with van der Waals surface area (Å²) in [6, 6.07) is 14.8. The molecule has 0 unspecified atom stereocenters. The fourth-order valence-corrected chi connectivity index (χ4v) is 3.20. The van der Waals surface area contributed by atoms with Gasteiger partial charge in [0.2, 0.25) is 17.7 Å². The number of rotatable bonds is 5. The third-order valence-corrected chi connectivity index (χ3v) is 4.58. The molecule has 1 atom stereocenters. The lowest BCUT2D eigenvalue weighted by Crippen LogP contribution is -2.28. The minimum Gasteiger partial charge on any atom is -0.326 e. The van der Waals surface area contributed by atoms with E-state index in [-0.39, 0.29) is 24.1 Å². The lowest BCUT2D eigenvalue weighted by Gasteiger charge is -2.17. The Morgan fingerprint density at radius 3 is 2.48 bits per heavy atom. The number of nitrogens with zero attached hydrogens (tertiary/aromatic N) is 1. The van der Waals surface area contributed by atoms with Gasteiger partial charge in [-0.3, -0.25) is 14.4 Å². The number of hydrogen-bond acceptors (Lipinski definition) is 3. The second-order valence-electron chi connectivity index (χ2n) is 6.68. The van der Waals surface area contributed by atoms with E-state index in [1.54, 1.807) is 29.2 Å². The van der Waals surface area contributed by atoms with E-state index >= 15 is 0 Å². The molecule has 1 aliphatic heterocycles. The Kier molecular flexibility index (Phi) is 5.54. The molecular weight excluding hydrogens is 342 g/mol. The van der Waals surface area contributed by atoms with Gasteiger partial charge in [0.1, 0.15) is 0 Å². The van der Waals surface area contributed by atoms with Gasteiger partial charge in [0.15, 0.2) is 0 Å². The van der Waals surface area contributed by atoms with E-state index < -0.39 is 5.92 Å². The van der Waals surface area contributed by atoms with Gasteiger partial charge in [0, 0.05) is 37.0 Å². The Morgan fingerprint density at radius 2 is 1.78 bits per heavy atom. The minimum atomic E-state index is -0.410. The van der Waals surface area contributed by atoms with Gasteiger partial charge in [0.25, 0.3) is 0 Å². The Hall–Kier alpha value is -3.15. The number of carbonyl (C=O) groups is 3. The van der Waals surface area contributed by atoms with E-state index in [2.05, 4.69) is 17.6 Å². The first-order valence-corrected chi connectivity index (χ1v) is 9.04. The minimum absolute atomic E-state index is 0.0459. The van der Waals surface area contributed by atoms with Crippen molar-refractivity contribution in [3.63, 3.8) is 0 Å². The van der Waals surface area contributed by atoms with Gasteiger partial charge in [-0.2, -0.15) is 0 Å². The van der Waals surface area contributed by atoms with Crippen LogP contribution < -0.4 is 15.5 Å². The number of benzene rings is 2. The zero-order chi connectivity index (χ0) is 19.4. The molecule has 0 aromatic heterocycles. The number of anilines is 3. The van der Waals surface area contributed by atoms with Crippen molar-refractivity contribution in [2.45, 2.75) is 26.7 Å². The largest absolute Gasteiger partial charge is 0.326 e. The van der Waals surface area contributed by atoms with Crippen LogP contribution in [0.2, 0.25) is 0 Å². The topological polar surface area (TPSA) is 78.5 Å². The molecule has 2 aromatic rings. The molecule has 3 amide bonds. The predicted octanol–water partition coefficient (Wildman–Crippen LogP) is 3.20. The quantitative estimate of drug-likeness (QED) is 0.854. The van der Waals surface area contributed by atoms with Crippen molar-refractivity contribution in [2.75, 3.05) is 22.1 Å². The van der Waals surface area contributed by atoms with E-state index in [1.165, 1.54) is 6.92 Å². The van der Waals surface area contributed by atoms with Crippen LogP contribution in [-0.4, -0.2) is 24.3 Å². The maximum Gasteiger partial charge on any atom is 0.229 e.